The summed E-state index contributed by atoms with van der Waals surface area (Å²) in [7, 11) is 0. The van der Waals surface area contributed by atoms with Crippen molar-refractivity contribution in [2.45, 2.75) is 6.42 Å². The number of aromatic amines is 1. The van der Waals surface area contributed by atoms with Crippen molar-refractivity contribution in [3.05, 3.63) is 34.0 Å². The number of nitriles is 1. The molecule has 0 aromatic carbocycles. The van der Waals surface area contributed by atoms with E-state index in [1.807, 2.05) is 0 Å². The molecule has 0 saturated carbocycles. The fourth-order valence-corrected chi connectivity index (χ4v) is 0.744. The Hall–Kier alpha value is -1.63. The van der Waals surface area contributed by atoms with Gasteiger partial charge in [0.15, 0.2) is 11.4 Å². The van der Waals surface area contributed by atoms with Gasteiger partial charge in [-0.15, -0.1) is 0 Å². The smallest absolute Gasteiger partial charge is 0.195 e. The summed E-state index contributed by atoms with van der Waals surface area (Å²) in [4.78, 5) is 12.9. The quantitative estimate of drug-likeness (QED) is 0.598. The van der Waals surface area contributed by atoms with Crippen molar-refractivity contribution in [2.24, 2.45) is 0 Å². The predicted molar refractivity (Wildman–Crippen MR) is 36.3 cm³/mol. The Morgan fingerprint density at radius 3 is 2.91 bits per heavy atom. The first kappa shape index (κ1) is 7.48. The lowest BCUT2D eigenvalue weighted by Gasteiger charge is -1.92. The van der Waals surface area contributed by atoms with Crippen LogP contribution in [0, 0.1) is 17.3 Å². The first-order valence-corrected chi connectivity index (χ1v) is 2.98. The van der Waals surface area contributed by atoms with Gasteiger partial charge < -0.3 is 4.98 Å². The van der Waals surface area contributed by atoms with Crippen molar-refractivity contribution in [3.8, 4) is 6.07 Å². The Labute approximate surface area is 62.1 Å². The van der Waals surface area contributed by atoms with Gasteiger partial charge in [-0.05, 0) is 0 Å². The second kappa shape index (κ2) is 2.97. The highest BCUT2D eigenvalue weighted by Gasteiger charge is 1.96. The number of nitrogens with zero attached hydrogens (tertiary/aromatic N) is 1. The van der Waals surface area contributed by atoms with E-state index in [2.05, 4.69) is 4.98 Å². The molecule has 0 atom stereocenters. The highest BCUT2D eigenvalue weighted by molar-refractivity contribution is 5.09. The minimum atomic E-state index is -0.706. The van der Waals surface area contributed by atoms with Crippen molar-refractivity contribution < 1.29 is 4.39 Å². The van der Waals surface area contributed by atoms with E-state index >= 15 is 0 Å². The fraction of sp³-hybridized carbons (Fsp3) is 0.143. The monoisotopic (exact) mass is 152 g/mol. The molecule has 3 nitrogen and oxygen atoms in total. The molecule has 1 aromatic heterocycles. The average molecular weight is 152 g/mol. The predicted octanol–water partition coefficient (Wildman–Crippen LogP) is 0.580. The molecule has 11 heavy (non-hydrogen) atoms. The van der Waals surface area contributed by atoms with Gasteiger partial charge in [-0.1, -0.05) is 0 Å². The van der Waals surface area contributed by atoms with Crippen LogP contribution >= 0.6 is 0 Å². The second-order valence-electron chi connectivity index (χ2n) is 2.02. The number of aromatic nitrogens is 1. The van der Waals surface area contributed by atoms with Gasteiger partial charge in [-0.2, -0.15) is 9.65 Å². The Morgan fingerprint density at radius 2 is 2.36 bits per heavy atom. The molecule has 0 aliphatic carbocycles. The molecule has 1 heterocycles. The topological polar surface area (TPSA) is 56.6 Å². The summed E-state index contributed by atoms with van der Waals surface area (Å²) in [5.41, 5.74) is -0.121. The van der Waals surface area contributed by atoms with Crippen molar-refractivity contribution >= 4 is 0 Å². The standard InChI is InChI=1S/C7H5FN2O/c8-7-4-6(11)3-5(10-7)1-2-9/h3-4H,1H2,(H,10,11). The third-order valence-corrected chi connectivity index (χ3v) is 1.13. The van der Waals surface area contributed by atoms with Gasteiger partial charge in [-0.25, -0.2) is 0 Å². The molecule has 56 valence electrons. The van der Waals surface area contributed by atoms with Crippen LogP contribution in [0.15, 0.2) is 16.9 Å². The lowest BCUT2D eigenvalue weighted by atomic mass is 10.3. The zero-order valence-electron chi connectivity index (χ0n) is 5.60. The lowest BCUT2D eigenvalue weighted by molar-refractivity contribution is 0.577. The first-order valence-electron chi connectivity index (χ1n) is 2.98. The fourth-order valence-electron chi connectivity index (χ4n) is 0.744. The Morgan fingerprint density at radius 1 is 1.64 bits per heavy atom. The van der Waals surface area contributed by atoms with Crippen LogP contribution in [-0.4, -0.2) is 4.98 Å². The molecule has 0 fully saturated rings. The molecular weight excluding hydrogens is 147 g/mol. The van der Waals surface area contributed by atoms with Gasteiger partial charge in [-0.3, -0.25) is 4.79 Å². The zero-order chi connectivity index (χ0) is 8.27. The molecule has 1 rings (SSSR count). The maximum absolute atomic E-state index is 12.4. The molecule has 0 aliphatic rings. The van der Waals surface area contributed by atoms with Crippen LogP contribution in [0.2, 0.25) is 0 Å². The van der Waals surface area contributed by atoms with Gasteiger partial charge >= 0.3 is 0 Å². The molecule has 0 unspecified atom stereocenters. The van der Waals surface area contributed by atoms with Crippen LogP contribution < -0.4 is 5.43 Å². The SMILES string of the molecule is N#CCc1cc(=O)cc(F)[nH]1. The minimum absolute atomic E-state index is 0.0208. The normalized spacial score (nSPS) is 9.09. The average Bonchev–Trinajstić information content (AvgIpc) is 1.85. The van der Waals surface area contributed by atoms with Crippen LogP contribution in [0.25, 0.3) is 0 Å². The van der Waals surface area contributed by atoms with E-state index in [0.29, 0.717) is 5.69 Å². The summed E-state index contributed by atoms with van der Waals surface area (Å²) in [6.07, 6.45) is 0.0208. The number of rotatable bonds is 1. The molecule has 0 amide bonds. The molecule has 1 aromatic rings. The molecule has 0 saturated heterocycles. The maximum Gasteiger partial charge on any atom is 0.195 e. The maximum atomic E-state index is 12.4. The number of nitrogens with one attached hydrogen (secondary N) is 1. The van der Waals surface area contributed by atoms with Gasteiger partial charge in [0.05, 0.1) is 12.5 Å². The van der Waals surface area contributed by atoms with Gasteiger partial charge in [0.2, 0.25) is 0 Å². The van der Waals surface area contributed by atoms with E-state index < -0.39 is 11.4 Å². The van der Waals surface area contributed by atoms with Crippen molar-refractivity contribution in [3.63, 3.8) is 0 Å². The van der Waals surface area contributed by atoms with Gasteiger partial charge in [0.1, 0.15) is 0 Å². The number of pyridine rings is 1. The lowest BCUT2D eigenvalue weighted by Crippen LogP contribution is -2.04. The van der Waals surface area contributed by atoms with E-state index in [0.717, 1.165) is 6.07 Å². The second-order valence-corrected chi connectivity index (χ2v) is 2.02. The van der Waals surface area contributed by atoms with Crippen molar-refractivity contribution in [1.82, 2.24) is 4.98 Å². The molecular formula is C7H5FN2O. The van der Waals surface area contributed by atoms with Crippen LogP contribution in [0.3, 0.4) is 0 Å². The van der Waals surface area contributed by atoms with Crippen molar-refractivity contribution in [2.75, 3.05) is 0 Å². The van der Waals surface area contributed by atoms with E-state index in [-0.39, 0.29) is 6.42 Å². The first-order chi connectivity index (χ1) is 5.22. The summed E-state index contributed by atoms with van der Waals surface area (Å²) in [5.74, 6) is -0.706. The van der Waals surface area contributed by atoms with Gasteiger partial charge in [0, 0.05) is 17.8 Å². The summed E-state index contributed by atoms with van der Waals surface area (Å²) >= 11 is 0. The molecule has 0 spiro atoms. The number of halogens is 1. The number of H-pyrrole nitrogens is 1. The zero-order valence-corrected chi connectivity index (χ0v) is 5.60. The molecule has 4 heteroatoms. The third kappa shape index (κ3) is 1.90. The summed E-state index contributed by atoms with van der Waals surface area (Å²) in [6.45, 7) is 0. The number of hydrogen-bond donors (Lipinski definition) is 1. The highest BCUT2D eigenvalue weighted by atomic mass is 19.1. The molecule has 1 N–H and O–H groups in total. The minimum Gasteiger partial charge on any atom is -0.334 e. The summed E-state index contributed by atoms with van der Waals surface area (Å²) in [5, 5.41) is 8.21. The Kier molecular flexibility index (Phi) is 2.02. The number of hydrogen-bond acceptors (Lipinski definition) is 2. The van der Waals surface area contributed by atoms with Crippen LogP contribution in [0.4, 0.5) is 4.39 Å². The van der Waals surface area contributed by atoms with E-state index in [1.54, 1.807) is 6.07 Å². The van der Waals surface area contributed by atoms with Crippen LogP contribution in [-0.2, 0) is 6.42 Å². The third-order valence-electron chi connectivity index (χ3n) is 1.13. The van der Waals surface area contributed by atoms with E-state index in [4.69, 9.17) is 5.26 Å². The Bertz CT molecular complexity index is 350. The van der Waals surface area contributed by atoms with Crippen LogP contribution in [0.1, 0.15) is 5.69 Å². The van der Waals surface area contributed by atoms with Crippen molar-refractivity contribution in [1.29, 1.82) is 5.26 Å². The molecule has 0 bridgehead atoms. The van der Waals surface area contributed by atoms with Gasteiger partial charge in [0.25, 0.3) is 0 Å². The van der Waals surface area contributed by atoms with E-state index in [9.17, 15) is 9.18 Å². The Balaban J connectivity index is 3.11. The summed E-state index contributed by atoms with van der Waals surface area (Å²) in [6, 6.07) is 3.84. The highest BCUT2D eigenvalue weighted by Crippen LogP contribution is 1.92. The van der Waals surface area contributed by atoms with Crippen LogP contribution in [0.5, 0.6) is 0 Å². The van der Waals surface area contributed by atoms with E-state index in [1.165, 1.54) is 6.07 Å². The summed E-state index contributed by atoms with van der Waals surface area (Å²) < 4.78 is 12.4. The molecule has 0 aliphatic heterocycles. The largest absolute Gasteiger partial charge is 0.334 e. The molecule has 0 radical (unpaired) electrons.